The Bertz CT molecular complexity index is 687. The molecule has 2 aromatic rings. The van der Waals surface area contributed by atoms with Crippen molar-refractivity contribution in [3.63, 3.8) is 0 Å². The van der Waals surface area contributed by atoms with Crippen molar-refractivity contribution < 1.29 is 4.74 Å². The SMILES string of the molecule is CCNC(=NCc1ccccc1OC)NCCc1sc(C)nc1C.I. The van der Waals surface area contributed by atoms with Crippen molar-refractivity contribution in [2.45, 2.75) is 33.7 Å². The topological polar surface area (TPSA) is 58.5 Å². The predicted molar refractivity (Wildman–Crippen MR) is 117 cm³/mol. The fourth-order valence-electron chi connectivity index (χ4n) is 2.44. The van der Waals surface area contributed by atoms with Crippen molar-refractivity contribution in [3.8, 4) is 5.75 Å². The first-order valence-electron chi connectivity index (χ1n) is 8.21. The fourth-order valence-corrected chi connectivity index (χ4v) is 3.38. The molecular weight excluding hydrogens is 447 g/mol. The van der Waals surface area contributed by atoms with Gasteiger partial charge in [0.15, 0.2) is 5.96 Å². The molecule has 0 bridgehead atoms. The third-order valence-corrected chi connectivity index (χ3v) is 4.72. The molecule has 0 atom stereocenters. The second kappa shape index (κ2) is 11.3. The Morgan fingerprint density at radius 1 is 1.24 bits per heavy atom. The molecule has 138 valence electrons. The summed E-state index contributed by atoms with van der Waals surface area (Å²) >= 11 is 1.77. The van der Waals surface area contributed by atoms with E-state index in [9.17, 15) is 0 Å². The maximum atomic E-state index is 5.38. The molecule has 0 aliphatic heterocycles. The van der Waals surface area contributed by atoms with Crippen LogP contribution < -0.4 is 15.4 Å². The molecule has 2 rings (SSSR count). The van der Waals surface area contributed by atoms with E-state index in [2.05, 4.69) is 34.5 Å². The number of ether oxygens (including phenoxy) is 1. The Labute approximate surface area is 171 Å². The van der Waals surface area contributed by atoms with Crippen LogP contribution in [0.4, 0.5) is 0 Å². The number of hydrogen-bond acceptors (Lipinski definition) is 4. The van der Waals surface area contributed by atoms with Crippen LogP contribution in [0.5, 0.6) is 5.75 Å². The van der Waals surface area contributed by atoms with E-state index in [1.807, 2.05) is 31.2 Å². The highest BCUT2D eigenvalue weighted by atomic mass is 127. The van der Waals surface area contributed by atoms with Gasteiger partial charge in [0.1, 0.15) is 5.75 Å². The normalized spacial score (nSPS) is 11.0. The minimum absolute atomic E-state index is 0. The number of aryl methyl sites for hydroxylation is 2. The summed E-state index contributed by atoms with van der Waals surface area (Å²) < 4.78 is 5.38. The molecule has 0 saturated heterocycles. The van der Waals surface area contributed by atoms with Crippen molar-refractivity contribution in [3.05, 3.63) is 45.4 Å². The summed E-state index contributed by atoms with van der Waals surface area (Å²) in [5, 5.41) is 7.80. The monoisotopic (exact) mass is 474 g/mol. The standard InChI is InChI=1S/C18H26N4OS.HI/c1-5-19-18(20-11-10-17-13(2)22-14(3)24-17)21-12-15-8-6-7-9-16(15)23-4;/h6-9H,5,10-12H2,1-4H3,(H2,19,20,21);1H. The lowest BCUT2D eigenvalue weighted by atomic mass is 10.2. The van der Waals surface area contributed by atoms with Crippen LogP contribution in [0.1, 0.15) is 28.1 Å². The van der Waals surface area contributed by atoms with Gasteiger partial charge in [-0.25, -0.2) is 9.98 Å². The second-order valence-electron chi connectivity index (χ2n) is 5.43. The van der Waals surface area contributed by atoms with Crippen LogP contribution in [0.25, 0.3) is 0 Å². The van der Waals surface area contributed by atoms with Gasteiger partial charge < -0.3 is 15.4 Å². The van der Waals surface area contributed by atoms with Crippen LogP contribution in [0.2, 0.25) is 0 Å². The summed E-state index contributed by atoms with van der Waals surface area (Å²) in [6, 6.07) is 7.97. The van der Waals surface area contributed by atoms with E-state index >= 15 is 0 Å². The molecular formula is C18H27IN4OS. The average molecular weight is 474 g/mol. The number of aromatic nitrogens is 1. The third-order valence-electron chi connectivity index (χ3n) is 3.59. The Balaban J connectivity index is 0.00000312. The van der Waals surface area contributed by atoms with Gasteiger partial charge in [0.2, 0.25) is 0 Å². The van der Waals surface area contributed by atoms with Gasteiger partial charge in [0.05, 0.1) is 24.4 Å². The molecule has 2 N–H and O–H groups in total. The fraction of sp³-hybridized carbons (Fsp3) is 0.444. The number of guanidine groups is 1. The number of thiazole rings is 1. The summed E-state index contributed by atoms with van der Waals surface area (Å²) in [6.07, 6.45) is 0.955. The molecule has 5 nitrogen and oxygen atoms in total. The van der Waals surface area contributed by atoms with Gasteiger partial charge in [0.25, 0.3) is 0 Å². The van der Waals surface area contributed by atoms with Crippen molar-refractivity contribution in [2.75, 3.05) is 20.2 Å². The van der Waals surface area contributed by atoms with Crippen molar-refractivity contribution >= 4 is 41.3 Å². The zero-order valence-corrected chi connectivity index (χ0v) is 18.4. The van der Waals surface area contributed by atoms with E-state index in [1.54, 1.807) is 18.4 Å². The van der Waals surface area contributed by atoms with E-state index in [1.165, 1.54) is 4.88 Å². The van der Waals surface area contributed by atoms with Gasteiger partial charge in [0, 0.05) is 30.0 Å². The quantitative estimate of drug-likeness (QED) is 0.365. The molecule has 0 saturated carbocycles. The molecule has 25 heavy (non-hydrogen) atoms. The Morgan fingerprint density at radius 3 is 2.64 bits per heavy atom. The highest BCUT2D eigenvalue weighted by Gasteiger charge is 2.06. The summed E-state index contributed by atoms with van der Waals surface area (Å²) in [7, 11) is 1.69. The van der Waals surface area contributed by atoms with Gasteiger partial charge >= 0.3 is 0 Å². The first kappa shape index (κ1) is 21.7. The van der Waals surface area contributed by atoms with E-state index in [-0.39, 0.29) is 24.0 Å². The number of nitrogens with zero attached hydrogens (tertiary/aromatic N) is 2. The van der Waals surface area contributed by atoms with Gasteiger partial charge in [-0.15, -0.1) is 35.3 Å². The summed E-state index contributed by atoms with van der Waals surface area (Å²) in [5.74, 6) is 1.69. The maximum Gasteiger partial charge on any atom is 0.191 e. The second-order valence-corrected chi connectivity index (χ2v) is 6.71. The zero-order chi connectivity index (χ0) is 17.4. The Hall–Kier alpha value is -1.35. The van der Waals surface area contributed by atoms with Crippen LogP contribution in [0, 0.1) is 13.8 Å². The van der Waals surface area contributed by atoms with Crippen LogP contribution in [0.15, 0.2) is 29.3 Å². The molecule has 0 amide bonds. The van der Waals surface area contributed by atoms with E-state index < -0.39 is 0 Å². The van der Waals surface area contributed by atoms with Crippen LogP contribution >= 0.6 is 35.3 Å². The molecule has 0 unspecified atom stereocenters. The van der Waals surface area contributed by atoms with Gasteiger partial charge in [-0.2, -0.15) is 0 Å². The first-order chi connectivity index (χ1) is 11.6. The number of rotatable bonds is 7. The molecule has 0 spiro atoms. The molecule has 0 fully saturated rings. The molecule has 1 aromatic carbocycles. The minimum Gasteiger partial charge on any atom is -0.496 e. The number of methoxy groups -OCH3 is 1. The summed E-state index contributed by atoms with van der Waals surface area (Å²) in [5.41, 5.74) is 2.21. The lowest BCUT2D eigenvalue weighted by Crippen LogP contribution is -2.38. The molecule has 0 aliphatic carbocycles. The lowest BCUT2D eigenvalue weighted by Gasteiger charge is -2.12. The van der Waals surface area contributed by atoms with Crippen LogP contribution in [-0.2, 0) is 13.0 Å². The summed E-state index contributed by atoms with van der Waals surface area (Å²) in [4.78, 5) is 10.5. The number of aliphatic imine (C=N–C) groups is 1. The number of para-hydroxylation sites is 1. The smallest absolute Gasteiger partial charge is 0.191 e. The molecule has 1 aromatic heterocycles. The van der Waals surface area contributed by atoms with E-state index in [0.717, 1.165) is 47.5 Å². The molecule has 7 heteroatoms. The lowest BCUT2D eigenvalue weighted by molar-refractivity contribution is 0.410. The van der Waals surface area contributed by atoms with Gasteiger partial charge in [-0.3, -0.25) is 0 Å². The maximum absolute atomic E-state index is 5.38. The first-order valence-corrected chi connectivity index (χ1v) is 9.02. The number of nitrogens with one attached hydrogen (secondary N) is 2. The third kappa shape index (κ3) is 6.81. The molecule has 0 radical (unpaired) electrons. The van der Waals surface area contributed by atoms with Gasteiger partial charge in [-0.1, -0.05) is 18.2 Å². The van der Waals surface area contributed by atoms with Gasteiger partial charge in [-0.05, 0) is 26.8 Å². The number of hydrogen-bond donors (Lipinski definition) is 2. The highest BCUT2D eigenvalue weighted by molar-refractivity contribution is 14.0. The zero-order valence-electron chi connectivity index (χ0n) is 15.3. The summed E-state index contributed by atoms with van der Waals surface area (Å²) in [6.45, 7) is 8.43. The van der Waals surface area contributed by atoms with Crippen LogP contribution in [-0.4, -0.2) is 31.1 Å². The minimum atomic E-state index is 0. The predicted octanol–water partition coefficient (Wildman–Crippen LogP) is 3.68. The molecule has 1 heterocycles. The average Bonchev–Trinajstić information content (AvgIpc) is 2.90. The van der Waals surface area contributed by atoms with E-state index in [0.29, 0.717) is 6.54 Å². The number of halogens is 1. The molecule has 0 aliphatic rings. The Morgan fingerprint density at radius 2 is 2.00 bits per heavy atom. The largest absolute Gasteiger partial charge is 0.496 e. The van der Waals surface area contributed by atoms with Crippen molar-refractivity contribution in [2.24, 2.45) is 4.99 Å². The highest BCUT2D eigenvalue weighted by Crippen LogP contribution is 2.18. The van der Waals surface area contributed by atoms with Crippen LogP contribution in [0.3, 0.4) is 0 Å². The Kier molecular flexibility index (Phi) is 9.81. The number of benzene rings is 1. The van der Waals surface area contributed by atoms with Crippen molar-refractivity contribution in [1.82, 2.24) is 15.6 Å². The van der Waals surface area contributed by atoms with Crippen molar-refractivity contribution in [1.29, 1.82) is 0 Å². The van der Waals surface area contributed by atoms with E-state index in [4.69, 9.17) is 4.74 Å².